The van der Waals surface area contributed by atoms with E-state index in [4.69, 9.17) is 0 Å². The van der Waals surface area contributed by atoms with Crippen molar-refractivity contribution >= 4 is 17.8 Å². The van der Waals surface area contributed by atoms with Crippen LogP contribution in [0, 0.1) is 0 Å². The number of Topliss-reactive ketones (excluding diaryl/α,β-unsaturated/α-hetero) is 1. The largest absolute Gasteiger partial charge is 0.478 e. The average Bonchev–Trinajstić information content (AvgIpc) is 3.19. The quantitative estimate of drug-likeness (QED) is 0.441. The molecular formula is C25H27N3O3. The molecule has 0 unspecified atom stereocenters. The molecule has 0 aliphatic rings. The molecule has 0 fully saturated rings. The summed E-state index contributed by atoms with van der Waals surface area (Å²) in [5.74, 6) is -0.0690. The van der Waals surface area contributed by atoms with Crippen molar-refractivity contribution in [3.05, 3.63) is 77.4 Å². The molecule has 6 nitrogen and oxygen atoms in total. The van der Waals surface area contributed by atoms with Gasteiger partial charge in [-0.05, 0) is 41.7 Å². The van der Waals surface area contributed by atoms with E-state index in [0.29, 0.717) is 24.4 Å². The molecule has 3 rings (SSSR count). The zero-order chi connectivity index (χ0) is 22.2. The number of carboxylic acids is 1. The summed E-state index contributed by atoms with van der Waals surface area (Å²) in [4.78, 5) is 28.3. The smallest absolute Gasteiger partial charge is 0.336 e. The predicted octanol–water partition coefficient (Wildman–Crippen LogP) is 5.49. The summed E-state index contributed by atoms with van der Waals surface area (Å²) in [6, 6.07) is 14.7. The molecule has 0 aliphatic carbocycles. The Bertz CT molecular complexity index is 1080. The van der Waals surface area contributed by atoms with Crippen molar-refractivity contribution in [1.82, 2.24) is 14.8 Å². The van der Waals surface area contributed by atoms with Gasteiger partial charge >= 0.3 is 5.97 Å². The van der Waals surface area contributed by atoms with Crippen molar-refractivity contribution in [2.75, 3.05) is 0 Å². The maximum Gasteiger partial charge on any atom is 0.336 e. The lowest BCUT2D eigenvalue weighted by Gasteiger charge is -2.08. The fourth-order valence-corrected chi connectivity index (χ4v) is 3.27. The molecule has 1 heterocycles. The highest BCUT2D eigenvalue weighted by molar-refractivity contribution is 5.96. The first-order chi connectivity index (χ1) is 15.0. The van der Waals surface area contributed by atoms with E-state index in [-0.39, 0.29) is 17.2 Å². The van der Waals surface area contributed by atoms with Crippen molar-refractivity contribution in [1.29, 1.82) is 0 Å². The molecule has 0 amide bonds. The van der Waals surface area contributed by atoms with E-state index in [0.717, 1.165) is 30.4 Å². The molecule has 0 radical (unpaired) electrons. The topological polar surface area (TPSA) is 85.1 Å². The molecule has 0 aliphatic heterocycles. The molecule has 3 aromatic rings. The molecule has 160 valence electrons. The van der Waals surface area contributed by atoms with Gasteiger partial charge in [0.15, 0.2) is 5.82 Å². The number of allylic oxidation sites excluding steroid dienone is 1. The van der Waals surface area contributed by atoms with Gasteiger partial charge in [-0.3, -0.25) is 4.79 Å². The van der Waals surface area contributed by atoms with Gasteiger partial charge in [0, 0.05) is 6.42 Å². The summed E-state index contributed by atoms with van der Waals surface area (Å²) in [5, 5.41) is 13.9. The van der Waals surface area contributed by atoms with Crippen LogP contribution in [0.1, 0.15) is 71.9 Å². The van der Waals surface area contributed by atoms with E-state index >= 15 is 0 Å². The van der Waals surface area contributed by atoms with E-state index < -0.39 is 5.97 Å². The summed E-state index contributed by atoms with van der Waals surface area (Å²) in [6.07, 6.45) is 6.98. The fourth-order valence-electron chi connectivity index (χ4n) is 3.27. The number of nitrogens with zero attached hydrogens (tertiary/aromatic N) is 3. The lowest BCUT2D eigenvalue weighted by atomic mass is 9.99. The Morgan fingerprint density at radius 2 is 1.81 bits per heavy atom. The Morgan fingerprint density at radius 3 is 2.48 bits per heavy atom. The van der Waals surface area contributed by atoms with Gasteiger partial charge in [0.25, 0.3) is 0 Å². The van der Waals surface area contributed by atoms with Crippen LogP contribution in [0.15, 0.2) is 54.6 Å². The van der Waals surface area contributed by atoms with Crippen LogP contribution in [0.25, 0.3) is 17.2 Å². The second-order valence-electron chi connectivity index (χ2n) is 7.34. The SMILES string of the molecule is CCC=Cc1nc(C(=O)CCCC)nn1Cc1ccc(-c2ccccc2C(=O)O)cc1. The summed E-state index contributed by atoms with van der Waals surface area (Å²) in [6.45, 7) is 4.56. The number of carbonyl (C=O) groups is 2. The molecule has 0 bridgehead atoms. The van der Waals surface area contributed by atoms with Crippen LogP contribution < -0.4 is 0 Å². The predicted molar refractivity (Wildman–Crippen MR) is 121 cm³/mol. The summed E-state index contributed by atoms with van der Waals surface area (Å²) in [7, 11) is 0. The van der Waals surface area contributed by atoms with Crippen molar-refractivity contribution in [3.8, 4) is 11.1 Å². The molecule has 0 saturated carbocycles. The van der Waals surface area contributed by atoms with Gasteiger partial charge in [-0.15, -0.1) is 5.10 Å². The van der Waals surface area contributed by atoms with Crippen molar-refractivity contribution in [2.45, 2.75) is 46.1 Å². The van der Waals surface area contributed by atoms with E-state index in [1.165, 1.54) is 0 Å². The molecule has 0 saturated heterocycles. The lowest BCUT2D eigenvalue weighted by molar-refractivity contribution is 0.0697. The van der Waals surface area contributed by atoms with Gasteiger partial charge in [0.1, 0.15) is 0 Å². The minimum atomic E-state index is -0.949. The highest BCUT2D eigenvalue weighted by Gasteiger charge is 2.15. The van der Waals surface area contributed by atoms with Gasteiger partial charge in [-0.2, -0.15) is 0 Å². The Balaban J connectivity index is 1.85. The standard InChI is InChI=1S/C25H27N3O3/c1-3-5-11-22(29)24-26-23(12-6-4-2)28(27-24)17-18-13-15-19(16-14-18)20-9-7-8-10-21(20)25(30)31/h6-10,12-16H,3-5,11,17H2,1-2H3,(H,30,31). The molecule has 0 atom stereocenters. The van der Waals surface area contributed by atoms with E-state index in [1.807, 2.05) is 56.3 Å². The highest BCUT2D eigenvalue weighted by atomic mass is 16.4. The number of ketones is 1. The minimum Gasteiger partial charge on any atom is -0.478 e. The maximum absolute atomic E-state index is 12.4. The van der Waals surface area contributed by atoms with Crippen molar-refractivity contribution in [2.24, 2.45) is 0 Å². The van der Waals surface area contributed by atoms with Crippen LogP contribution in [0.5, 0.6) is 0 Å². The first-order valence-corrected chi connectivity index (χ1v) is 10.6. The Morgan fingerprint density at radius 1 is 1.06 bits per heavy atom. The third-order valence-corrected chi connectivity index (χ3v) is 4.96. The van der Waals surface area contributed by atoms with Gasteiger partial charge in [0.2, 0.25) is 11.6 Å². The maximum atomic E-state index is 12.4. The third kappa shape index (κ3) is 5.54. The van der Waals surface area contributed by atoms with Gasteiger partial charge < -0.3 is 5.11 Å². The van der Waals surface area contributed by atoms with E-state index in [2.05, 4.69) is 10.1 Å². The van der Waals surface area contributed by atoms with Crippen LogP contribution >= 0.6 is 0 Å². The van der Waals surface area contributed by atoms with Crippen LogP contribution in [0.3, 0.4) is 0 Å². The number of unbranched alkanes of at least 4 members (excludes halogenated alkanes) is 1. The first kappa shape index (κ1) is 22.2. The van der Waals surface area contributed by atoms with Crippen LogP contribution in [0.4, 0.5) is 0 Å². The summed E-state index contributed by atoms with van der Waals surface area (Å²) >= 11 is 0. The number of benzene rings is 2. The van der Waals surface area contributed by atoms with Crippen LogP contribution in [0.2, 0.25) is 0 Å². The second kappa shape index (κ2) is 10.5. The zero-order valence-corrected chi connectivity index (χ0v) is 17.9. The zero-order valence-electron chi connectivity index (χ0n) is 17.9. The number of hydrogen-bond acceptors (Lipinski definition) is 4. The number of carbonyl (C=O) groups excluding carboxylic acids is 1. The molecule has 2 aromatic carbocycles. The normalized spacial score (nSPS) is 11.2. The van der Waals surface area contributed by atoms with Crippen LogP contribution in [-0.4, -0.2) is 31.6 Å². The van der Waals surface area contributed by atoms with Crippen molar-refractivity contribution in [3.63, 3.8) is 0 Å². The molecular weight excluding hydrogens is 390 g/mol. The van der Waals surface area contributed by atoms with E-state index in [1.54, 1.807) is 22.9 Å². The van der Waals surface area contributed by atoms with Gasteiger partial charge in [0.05, 0.1) is 12.1 Å². The Labute approximate surface area is 182 Å². The fraction of sp³-hybridized carbons (Fsp3) is 0.280. The molecule has 31 heavy (non-hydrogen) atoms. The summed E-state index contributed by atoms with van der Waals surface area (Å²) in [5.41, 5.74) is 2.77. The van der Waals surface area contributed by atoms with Gasteiger partial charge in [-0.25, -0.2) is 14.5 Å². The first-order valence-electron chi connectivity index (χ1n) is 10.6. The highest BCUT2D eigenvalue weighted by Crippen LogP contribution is 2.24. The Kier molecular flexibility index (Phi) is 7.49. The summed E-state index contributed by atoms with van der Waals surface area (Å²) < 4.78 is 1.74. The number of hydrogen-bond donors (Lipinski definition) is 1. The monoisotopic (exact) mass is 417 g/mol. The molecule has 6 heteroatoms. The number of carboxylic acid groups (broad SMARTS) is 1. The number of aromatic nitrogens is 3. The second-order valence-corrected chi connectivity index (χ2v) is 7.34. The average molecular weight is 418 g/mol. The van der Waals surface area contributed by atoms with Gasteiger partial charge in [-0.1, -0.05) is 68.8 Å². The molecule has 0 spiro atoms. The van der Waals surface area contributed by atoms with Crippen molar-refractivity contribution < 1.29 is 14.7 Å². The lowest BCUT2D eigenvalue weighted by Crippen LogP contribution is -2.06. The van der Waals surface area contributed by atoms with Crippen LogP contribution in [-0.2, 0) is 6.54 Å². The number of rotatable bonds is 10. The third-order valence-electron chi connectivity index (χ3n) is 4.96. The number of aromatic carboxylic acids is 1. The minimum absolute atomic E-state index is 0.0348. The molecule has 1 aromatic heterocycles. The Hall–Kier alpha value is -3.54. The van der Waals surface area contributed by atoms with E-state index in [9.17, 15) is 14.7 Å². The molecule has 1 N–H and O–H groups in total.